The first kappa shape index (κ1) is 9.94. The maximum Gasteiger partial charge on any atom is 0.302 e. The maximum absolute atomic E-state index is 10.3. The van der Waals surface area contributed by atoms with Gasteiger partial charge in [0.15, 0.2) is 0 Å². The van der Waals surface area contributed by atoms with Gasteiger partial charge in [-0.1, -0.05) is 5.57 Å². The van der Waals surface area contributed by atoms with Crippen molar-refractivity contribution in [3.05, 3.63) is 9.15 Å². The van der Waals surface area contributed by atoms with Gasteiger partial charge in [-0.05, 0) is 36.4 Å². The number of hydrogen-bond acceptors (Lipinski definition) is 2. The summed E-state index contributed by atoms with van der Waals surface area (Å²) in [6.45, 7) is 5.81. The summed E-state index contributed by atoms with van der Waals surface area (Å²) >= 11 is 2.17. The molecule has 0 aromatic carbocycles. The number of rotatable bonds is 2. The molecule has 0 saturated heterocycles. The standard InChI is InChI=1S/C7H11IO2/c1-5(2)7(8)4-10-6(3)9/h4H2,1-3H3. The quantitative estimate of drug-likeness (QED) is 0.558. The van der Waals surface area contributed by atoms with Gasteiger partial charge in [-0.2, -0.15) is 0 Å². The largest absolute Gasteiger partial charge is 0.461 e. The van der Waals surface area contributed by atoms with E-state index in [4.69, 9.17) is 4.74 Å². The first-order valence-electron chi connectivity index (χ1n) is 2.99. The molecule has 58 valence electrons. The molecular weight excluding hydrogens is 243 g/mol. The van der Waals surface area contributed by atoms with Crippen LogP contribution >= 0.6 is 22.6 Å². The third-order valence-electron chi connectivity index (χ3n) is 0.945. The van der Waals surface area contributed by atoms with Crippen LogP contribution in [0.15, 0.2) is 9.15 Å². The molecular formula is C7H11IO2. The van der Waals surface area contributed by atoms with Gasteiger partial charge < -0.3 is 4.74 Å². The van der Waals surface area contributed by atoms with E-state index in [9.17, 15) is 4.79 Å². The van der Waals surface area contributed by atoms with Gasteiger partial charge in [-0.15, -0.1) is 0 Å². The van der Waals surface area contributed by atoms with Crippen LogP contribution in [-0.4, -0.2) is 12.6 Å². The van der Waals surface area contributed by atoms with Crippen LogP contribution in [0.1, 0.15) is 20.8 Å². The van der Waals surface area contributed by atoms with Crippen LogP contribution in [0.25, 0.3) is 0 Å². The lowest BCUT2D eigenvalue weighted by molar-refractivity contribution is -0.139. The zero-order chi connectivity index (χ0) is 8.15. The van der Waals surface area contributed by atoms with E-state index < -0.39 is 0 Å². The van der Waals surface area contributed by atoms with Crippen LogP contribution in [0, 0.1) is 0 Å². The summed E-state index contributed by atoms with van der Waals surface area (Å²) in [5, 5.41) is 0. The Kier molecular flexibility index (Phi) is 4.68. The van der Waals surface area contributed by atoms with E-state index in [0.29, 0.717) is 6.61 Å². The number of halogens is 1. The van der Waals surface area contributed by atoms with Crippen LogP contribution in [-0.2, 0) is 9.53 Å². The minimum Gasteiger partial charge on any atom is -0.461 e. The SMILES string of the molecule is CC(=O)OCC(I)=C(C)C. The van der Waals surface area contributed by atoms with Crippen molar-refractivity contribution < 1.29 is 9.53 Å². The maximum atomic E-state index is 10.3. The van der Waals surface area contributed by atoms with Crippen molar-refractivity contribution in [1.82, 2.24) is 0 Å². The van der Waals surface area contributed by atoms with E-state index in [-0.39, 0.29) is 5.97 Å². The fraction of sp³-hybridized carbons (Fsp3) is 0.571. The predicted molar refractivity (Wildman–Crippen MR) is 49.0 cm³/mol. The second kappa shape index (κ2) is 4.71. The summed E-state index contributed by atoms with van der Waals surface area (Å²) in [7, 11) is 0. The van der Waals surface area contributed by atoms with Crippen molar-refractivity contribution in [3.8, 4) is 0 Å². The normalized spacial score (nSPS) is 8.80. The first-order valence-corrected chi connectivity index (χ1v) is 4.07. The molecule has 0 fully saturated rings. The Morgan fingerprint density at radius 2 is 1.90 bits per heavy atom. The minimum atomic E-state index is -0.226. The number of carbonyl (C=O) groups excluding carboxylic acids is 1. The summed E-state index contributed by atoms with van der Waals surface area (Å²) in [5.74, 6) is -0.226. The molecule has 0 bridgehead atoms. The van der Waals surface area contributed by atoms with E-state index in [1.54, 1.807) is 0 Å². The molecule has 0 atom stereocenters. The highest BCUT2D eigenvalue weighted by Gasteiger charge is 1.96. The van der Waals surface area contributed by atoms with Gasteiger partial charge in [0.05, 0.1) is 0 Å². The summed E-state index contributed by atoms with van der Waals surface area (Å²) < 4.78 is 5.85. The molecule has 0 saturated carbocycles. The number of ether oxygens (including phenoxy) is 1. The second-order valence-corrected chi connectivity index (χ2v) is 3.49. The van der Waals surface area contributed by atoms with E-state index in [1.807, 2.05) is 13.8 Å². The lowest BCUT2D eigenvalue weighted by atomic mass is 10.3. The van der Waals surface area contributed by atoms with E-state index >= 15 is 0 Å². The Balaban J connectivity index is 3.71. The zero-order valence-corrected chi connectivity index (χ0v) is 8.56. The van der Waals surface area contributed by atoms with Crippen molar-refractivity contribution in [3.63, 3.8) is 0 Å². The van der Waals surface area contributed by atoms with Crippen LogP contribution in [0.4, 0.5) is 0 Å². The fourth-order valence-electron chi connectivity index (χ4n) is 0.309. The Morgan fingerprint density at radius 3 is 2.20 bits per heavy atom. The average Bonchev–Trinajstić information content (AvgIpc) is 1.82. The monoisotopic (exact) mass is 254 g/mol. The summed E-state index contributed by atoms with van der Waals surface area (Å²) in [4.78, 5) is 10.3. The highest BCUT2D eigenvalue weighted by molar-refractivity contribution is 14.1. The highest BCUT2D eigenvalue weighted by atomic mass is 127. The van der Waals surface area contributed by atoms with E-state index in [2.05, 4.69) is 22.6 Å². The van der Waals surface area contributed by atoms with E-state index in [0.717, 1.165) is 3.58 Å². The molecule has 0 aromatic heterocycles. The molecule has 10 heavy (non-hydrogen) atoms. The van der Waals surface area contributed by atoms with Crippen LogP contribution in [0.2, 0.25) is 0 Å². The minimum absolute atomic E-state index is 0.226. The second-order valence-electron chi connectivity index (χ2n) is 2.19. The van der Waals surface area contributed by atoms with Gasteiger partial charge in [-0.3, -0.25) is 4.79 Å². The number of hydrogen-bond donors (Lipinski definition) is 0. The molecule has 0 aliphatic heterocycles. The number of esters is 1. The van der Waals surface area contributed by atoms with Gasteiger partial charge in [-0.25, -0.2) is 0 Å². The lowest BCUT2D eigenvalue weighted by Gasteiger charge is -2.01. The van der Waals surface area contributed by atoms with Gasteiger partial charge in [0.1, 0.15) is 6.61 Å². The van der Waals surface area contributed by atoms with Crippen molar-refractivity contribution in [2.75, 3.05) is 6.61 Å². The van der Waals surface area contributed by atoms with Crippen LogP contribution < -0.4 is 0 Å². The van der Waals surface area contributed by atoms with Gasteiger partial charge in [0.25, 0.3) is 0 Å². The molecule has 0 spiro atoms. The number of carbonyl (C=O) groups is 1. The fourth-order valence-corrected chi connectivity index (χ4v) is 0.465. The highest BCUT2D eigenvalue weighted by Crippen LogP contribution is 2.11. The Morgan fingerprint density at radius 1 is 1.40 bits per heavy atom. The molecule has 0 aliphatic rings. The molecule has 0 N–H and O–H groups in total. The van der Waals surface area contributed by atoms with Crippen LogP contribution in [0.3, 0.4) is 0 Å². The zero-order valence-electron chi connectivity index (χ0n) is 6.40. The molecule has 3 heteroatoms. The first-order chi connectivity index (χ1) is 4.54. The van der Waals surface area contributed by atoms with Crippen molar-refractivity contribution in [2.45, 2.75) is 20.8 Å². The lowest BCUT2D eigenvalue weighted by Crippen LogP contribution is -2.00. The summed E-state index contributed by atoms with van der Waals surface area (Å²) in [5.41, 5.74) is 1.20. The smallest absolute Gasteiger partial charge is 0.302 e. The molecule has 0 heterocycles. The Hall–Kier alpha value is -0.0600. The molecule has 0 radical (unpaired) electrons. The third-order valence-corrected chi connectivity index (χ3v) is 2.33. The summed E-state index contributed by atoms with van der Waals surface area (Å²) in [6, 6.07) is 0. The van der Waals surface area contributed by atoms with Gasteiger partial charge >= 0.3 is 5.97 Å². The average molecular weight is 254 g/mol. The molecule has 0 unspecified atom stereocenters. The third kappa shape index (κ3) is 4.78. The van der Waals surface area contributed by atoms with Crippen molar-refractivity contribution in [2.24, 2.45) is 0 Å². The molecule has 0 amide bonds. The van der Waals surface area contributed by atoms with Gasteiger partial charge in [0.2, 0.25) is 0 Å². The molecule has 0 aliphatic carbocycles. The van der Waals surface area contributed by atoms with Crippen molar-refractivity contribution in [1.29, 1.82) is 0 Å². The van der Waals surface area contributed by atoms with Crippen molar-refractivity contribution >= 4 is 28.6 Å². The summed E-state index contributed by atoms with van der Waals surface area (Å²) in [6.07, 6.45) is 0. The Labute approximate surface area is 74.8 Å². The van der Waals surface area contributed by atoms with E-state index in [1.165, 1.54) is 12.5 Å². The molecule has 0 aromatic rings. The Bertz CT molecular complexity index is 157. The number of allylic oxidation sites excluding steroid dienone is 1. The van der Waals surface area contributed by atoms with Crippen LogP contribution in [0.5, 0.6) is 0 Å². The molecule has 2 nitrogen and oxygen atoms in total. The van der Waals surface area contributed by atoms with Gasteiger partial charge in [0, 0.05) is 10.5 Å². The predicted octanol–water partition coefficient (Wildman–Crippen LogP) is 2.28. The topological polar surface area (TPSA) is 26.3 Å². The molecule has 0 rings (SSSR count).